The summed E-state index contributed by atoms with van der Waals surface area (Å²) < 4.78 is 5.67. The molecule has 6 nitrogen and oxygen atoms in total. The van der Waals surface area contributed by atoms with Crippen molar-refractivity contribution in [3.63, 3.8) is 0 Å². The molecule has 0 aliphatic carbocycles. The third kappa shape index (κ3) is 8.49. The van der Waals surface area contributed by atoms with E-state index in [9.17, 15) is 4.79 Å². The first-order chi connectivity index (χ1) is 14.8. The first-order valence-corrected chi connectivity index (χ1v) is 10.7. The summed E-state index contributed by atoms with van der Waals surface area (Å²) in [6.45, 7) is 4.14. The molecule has 1 aliphatic rings. The molecular formula is C24H33IN4O2. The van der Waals surface area contributed by atoms with Crippen molar-refractivity contribution in [2.24, 2.45) is 4.99 Å². The zero-order chi connectivity index (χ0) is 21.0. The molecule has 1 aliphatic heterocycles. The average Bonchev–Trinajstić information content (AvgIpc) is 2.80. The fraction of sp³-hybridized carbons (Fsp3) is 0.417. The molecule has 2 N–H and O–H groups in total. The lowest BCUT2D eigenvalue weighted by Crippen LogP contribution is -2.40. The van der Waals surface area contributed by atoms with Crippen LogP contribution in [0.15, 0.2) is 59.6 Å². The number of aliphatic imine (C=N–C) groups is 1. The Morgan fingerprint density at radius 2 is 1.74 bits per heavy atom. The molecule has 0 spiro atoms. The van der Waals surface area contributed by atoms with Crippen molar-refractivity contribution in [2.45, 2.75) is 32.4 Å². The number of carbonyl (C=O) groups excluding carboxylic acids is 1. The first-order valence-electron chi connectivity index (χ1n) is 10.7. The number of halogens is 1. The van der Waals surface area contributed by atoms with Gasteiger partial charge in [0.25, 0.3) is 0 Å². The molecule has 1 heterocycles. The summed E-state index contributed by atoms with van der Waals surface area (Å²) in [6, 6.07) is 18.5. The van der Waals surface area contributed by atoms with Crippen molar-refractivity contribution in [2.75, 3.05) is 33.3 Å². The van der Waals surface area contributed by atoms with Gasteiger partial charge in [0.05, 0.1) is 13.2 Å². The standard InChI is InChI=1S/C24H32N4O2.HI/c1-25-24(27-15-17-30-19-20-8-3-2-4-9-20)26-14-7-12-23(29)28-16-13-21-10-5-6-11-22(21)18-28;/h2-6,8-11H,7,12-19H2,1H3,(H2,25,26,27);1H. The van der Waals surface area contributed by atoms with E-state index in [1.54, 1.807) is 7.05 Å². The van der Waals surface area contributed by atoms with Gasteiger partial charge in [-0.3, -0.25) is 9.79 Å². The van der Waals surface area contributed by atoms with Crippen LogP contribution in [0.25, 0.3) is 0 Å². The van der Waals surface area contributed by atoms with E-state index in [2.05, 4.69) is 46.0 Å². The summed E-state index contributed by atoms with van der Waals surface area (Å²) in [4.78, 5) is 18.7. The summed E-state index contributed by atoms with van der Waals surface area (Å²) in [5.41, 5.74) is 3.81. The predicted molar refractivity (Wildman–Crippen MR) is 136 cm³/mol. The van der Waals surface area contributed by atoms with E-state index >= 15 is 0 Å². The minimum atomic E-state index is 0. The van der Waals surface area contributed by atoms with E-state index in [4.69, 9.17) is 4.74 Å². The third-order valence-corrected chi connectivity index (χ3v) is 5.22. The number of guanidine groups is 1. The zero-order valence-corrected chi connectivity index (χ0v) is 20.5. The van der Waals surface area contributed by atoms with Crippen LogP contribution in [0.4, 0.5) is 0 Å². The minimum Gasteiger partial charge on any atom is -0.375 e. The van der Waals surface area contributed by atoms with Gasteiger partial charge < -0.3 is 20.3 Å². The number of ether oxygens (including phenoxy) is 1. The second-order valence-corrected chi connectivity index (χ2v) is 7.40. The topological polar surface area (TPSA) is 66.0 Å². The number of nitrogens with zero attached hydrogens (tertiary/aromatic N) is 2. The van der Waals surface area contributed by atoms with Crippen LogP contribution in [-0.2, 0) is 29.1 Å². The van der Waals surface area contributed by atoms with Crippen molar-refractivity contribution in [3.05, 3.63) is 71.3 Å². The number of rotatable bonds is 9. The van der Waals surface area contributed by atoms with Gasteiger partial charge >= 0.3 is 0 Å². The van der Waals surface area contributed by atoms with E-state index in [0.717, 1.165) is 31.9 Å². The van der Waals surface area contributed by atoms with E-state index in [1.165, 1.54) is 16.7 Å². The number of benzene rings is 2. The second kappa shape index (κ2) is 14.0. The van der Waals surface area contributed by atoms with Crippen LogP contribution < -0.4 is 10.6 Å². The molecule has 0 radical (unpaired) electrons. The van der Waals surface area contributed by atoms with E-state index in [-0.39, 0.29) is 29.9 Å². The Hall–Kier alpha value is -2.13. The number of nitrogens with one attached hydrogen (secondary N) is 2. The molecule has 168 valence electrons. The van der Waals surface area contributed by atoms with Crippen LogP contribution in [0.2, 0.25) is 0 Å². The summed E-state index contributed by atoms with van der Waals surface area (Å²) in [7, 11) is 1.75. The predicted octanol–water partition coefficient (Wildman–Crippen LogP) is 3.35. The Morgan fingerprint density at radius 3 is 2.52 bits per heavy atom. The highest BCUT2D eigenvalue weighted by atomic mass is 127. The van der Waals surface area contributed by atoms with E-state index < -0.39 is 0 Å². The van der Waals surface area contributed by atoms with Crippen molar-refractivity contribution >= 4 is 35.8 Å². The van der Waals surface area contributed by atoms with Gasteiger partial charge in [-0.25, -0.2) is 0 Å². The molecule has 0 unspecified atom stereocenters. The van der Waals surface area contributed by atoms with Crippen molar-refractivity contribution in [1.29, 1.82) is 0 Å². The highest BCUT2D eigenvalue weighted by Crippen LogP contribution is 2.19. The minimum absolute atomic E-state index is 0. The molecule has 0 atom stereocenters. The van der Waals surface area contributed by atoms with Gasteiger partial charge in [-0.15, -0.1) is 24.0 Å². The van der Waals surface area contributed by atoms with Crippen LogP contribution >= 0.6 is 24.0 Å². The summed E-state index contributed by atoms with van der Waals surface area (Å²) in [5, 5.41) is 6.50. The molecule has 0 bridgehead atoms. The molecule has 0 fully saturated rings. The zero-order valence-electron chi connectivity index (χ0n) is 18.2. The van der Waals surface area contributed by atoms with Gasteiger partial charge in [0.2, 0.25) is 5.91 Å². The number of carbonyl (C=O) groups is 1. The van der Waals surface area contributed by atoms with E-state index in [1.807, 2.05) is 29.2 Å². The van der Waals surface area contributed by atoms with Gasteiger partial charge in [-0.1, -0.05) is 54.6 Å². The van der Waals surface area contributed by atoms with Gasteiger partial charge in [-0.05, 0) is 29.5 Å². The SMILES string of the molecule is CN=C(NCCCC(=O)N1CCc2ccccc2C1)NCCOCc1ccccc1.I. The van der Waals surface area contributed by atoms with Crippen molar-refractivity contribution < 1.29 is 9.53 Å². The summed E-state index contributed by atoms with van der Waals surface area (Å²) in [6.07, 6.45) is 2.28. The molecule has 3 rings (SSSR count). The summed E-state index contributed by atoms with van der Waals surface area (Å²) in [5.74, 6) is 0.959. The lowest BCUT2D eigenvalue weighted by Gasteiger charge is -2.29. The normalized spacial score (nSPS) is 13.2. The highest BCUT2D eigenvalue weighted by molar-refractivity contribution is 14.0. The van der Waals surface area contributed by atoms with Crippen molar-refractivity contribution in [3.8, 4) is 0 Å². The maximum Gasteiger partial charge on any atom is 0.222 e. The maximum absolute atomic E-state index is 12.5. The molecule has 1 amide bonds. The fourth-order valence-electron chi connectivity index (χ4n) is 3.54. The lowest BCUT2D eigenvalue weighted by molar-refractivity contribution is -0.132. The Balaban J connectivity index is 0.00000341. The van der Waals surface area contributed by atoms with Crippen LogP contribution in [0, 0.1) is 0 Å². The van der Waals surface area contributed by atoms with Crippen LogP contribution in [-0.4, -0.2) is 50.1 Å². The highest BCUT2D eigenvalue weighted by Gasteiger charge is 2.19. The maximum atomic E-state index is 12.5. The monoisotopic (exact) mass is 536 g/mol. The number of hydrogen-bond donors (Lipinski definition) is 2. The second-order valence-electron chi connectivity index (χ2n) is 7.40. The average molecular weight is 536 g/mol. The van der Waals surface area contributed by atoms with Crippen LogP contribution in [0.5, 0.6) is 0 Å². The van der Waals surface area contributed by atoms with Crippen LogP contribution in [0.1, 0.15) is 29.5 Å². The fourth-order valence-corrected chi connectivity index (χ4v) is 3.54. The third-order valence-electron chi connectivity index (χ3n) is 5.22. The Kier molecular flexibility index (Phi) is 11.4. The molecule has 7 heteroatoms. The molecule has 2 aromatic rings. The first kappa shape index (κ1) is 25.1. The summed E-state index contributed by atoms with van der Waals surface area (Å²) >= 11 is 0. The molecule has 0 saturated carbocycles. The molecular weight excluding hydrogens is 503 g/mol. The lowest BCUT2D eigenvalue weighted by atomic mass is 9.99. The van der Waals surface area contributed by atoms with Gasteiger partial charge in [0, 0.05) is 39.6 Å². The van der Waals surface area contributed by atoms with Crippen LogP contribution in [0.3, 0.4) is 0 Å². The molecule has 31 heavy (non-hydrogen) atoms. The largest absolute Gasteiger partial charge is 0.375 e. The quantitative estimate of drug-likeness (QED) is 0.223. The molecule has 0 aromatic heterocycles. The van der Waals surface area contributed by atoms with E-state index in [0.29, 0.717) is 32.7 Å². The number of fused-ring (bicyclic) bond motifs is 1. The van der Waals surface area contributed by atoms with Gasteiger partial charge in [-0.2, -0.15) is 0 Å². The Labute approximate surface area is 202 Å². The van der Waals surface area contributed by atoms with Gasteiger partial charge in [0.1, 0.15) is 0 Å². The smallest absolute Gasteiger partial charge is 0.222 e. The molecule has 0 saturated heterocycles. The Morgan fingerprint density at radius 1 is 1.03 bits per heavy atom. The molecule has 2 aromatic carbocycles. The Bertz CT molecular complexity index is 829. The van der Waals surface area contributed by atoms with Gasteiger partial charge in [0.15, 0.2) is 5.96 Å². The van der Waals surface area contributed by atoms with Crippen molar-refractivity contribution in [1.82, 2.24) is 15.5 Å². The number of hydrogen-bond acceptors (Lipinski definition) is 3. The number of amides is 1.